The van der Waals surface area contributed by atoms with E-state index in [1.807, 2.05) is 56.4 Å². The first-order valence-corrected chi connectivity index (χ1v) is 24.2. The zero-order chi connectivity index (χ0) is 48.6. The summed E-state index contributed by atoms with van der Waals surface area (Å²) in [6.07, 6.45) is 5.95. The van der Waals surface area contributed by atoms with Gasteiger partial charge in [0.05, 0.1) is 28.4 Å². The molecule has 8 heteroatoms. The number of anilines is 8. The van der Waals surface area contributed by atoms with E-state index in [9.17, 15) is 0 Å². The lowest BCUT2D eigenvalue weighted by molar-refractivity contribution is 0.627. The van der Waals surface area contributed by atoms with Gasteiger partial charge in [-0.05, 0) is 99.8 Å². The Bertz CT molecular complexity index is 3750. The topological polar surface area (TPSA) is 9.72 Å². The quantitative estimate of drug-likeness (QED) is 0.0727. The van der Waals surface area contributed by atoms with E-state index in [0.717, 1.165) is 106 Å². The van der Waals surface area contributed by atoms with Crippen molar-refractivity contribution in [3.63, 3.8) is 0 Å². The summed E-state index contributed by atoms with van der Waals surface area (Å²) in [4.78, 5) is 6.94. The lowest BCUT2D eigenvalue weighted by Gasteiger charge is -2.37. The maximum Gasteiger partial charge on any atom is 0.149 e. The molecular weight excluding hydrogens is 861 g/mol. The largest absolute Gasteiger partial charge is 0.335 e. The maximum absolute atomic E-state index is 17.8. The molecule has 1 aliphatic heterocycles. The van der Waals surface area contributed by atoms with Crippen molar-refractivity contribution >= 4 is 98.4 Å². The molecule has 0 spiro atoms. The first-order chi connectivity index (χ1) is 34.8. The number of para-hydroxylation sites is 2. The fourth-order valence-electron chi connectivity index (χ4n) is 10.3. The number of rotatable bonds is 11. The van der Waals surface area contributed by atoms with E-state index >= 15 is 4.39 Å². The summed E-state index contributed by atoms with van der Waals surface area (Å²) >= 11 is 0. The van der Waals surface area contributed by atoms with Gasteiger partial charge in [0.1, 0.15) is 37.2 Å². The Morgan fingerprint density at radius 1 is 0.493 bits per heavy atom. The number of nitrogens with zero attached hydrogens (tertiary/aromatic N) is 3. The van der Waals surface area contributed by atoms with Crippen molar-refractivity contribution in [1.82, 2.24) is 0 Å². The van der Waals surface area contributed by atoms with Gasteiger partial charge in [0, 0.05) is 50.9 Å². The third-order valence-corrected chi connectivity index (χ3v) is 14.2. The number of halogens is 1. The highest BCUT2D eigenvalue weighted by atomic mass is 19.1. The lowest BCUT2D eigenvalue weighted by atomic mass is 9.66. The summed E-state index contributed by atoms with van der Waals surface area (Å²) in [6, 6.07) is 78.3. The molecule has 11 rings (SSSR count). The molecular formula is C63H48B4FN3. The van der Waals surface area contributed by atoms with Gasteiger partial charge in [0.15, 0.2) is 0 Å². The molecule has 0 fully saturated rings. The normalized spacial score (nSPS) is 12.4. The maximum atomic E-state index is 17.8. The zero-order valence-corrected chi connectivity index (χ0v) is 40.4. The van der Waals surface area contributed by atoms with Gasteiger partial charge in [-0.3, -0.25) is 0 Å². The number of benzene rings is 10. The van der Waals surface area contributed by atoms with Gasteiger partial charge >= 0.3 is 0 Å². The van der Waals surface area contributed by atoms with Crippen molar-refractivity contribution in [2.45, 2.75) is 0 Å². The minimum absolute atomic E-state index is 0.308. The highest BCUT2D eigenvalue weighted by molar-refractivity contribution is 6.44. The highest BCUT2D eigenvalue weighted by Gasteiger charge is 2.31. The van der Waals surface area contributed by atoms with Gasteiger partial charge in [0.25, 0.3) is 0 Å². The molecule has 0 amide bonds. The fraction of sp³-hybridized carbons (Fsp3) is 0.0159. The minimum atomic E-state index is -0.308. The van der Waals surface area contributed by atoms with Crippen LogP contribution in [0.2, 0.25) is 0 Å². The van der Waals surface area contributed by atoms with E-state index in [1.54, 1.807) is 6.07 Å². The predicted octanol–water partition coefficient (Wildman–Crippen LogP) is 13.1. The minimum Gasteiger partial charge on any atom is -0.335 e. The molecule has 0 aliphatic carbocycles. The molecule has 0 radical (unpaired) electrons. The molecule has 0 bridgehead atoms. The second kappa shape index (κ2) is 19.0. The van der Waals surface area contributed by atoms with Crippen LogP contribution in [0.1, 0.15) is 0 Å². The molecule has 0 N–H and O–H groups in total. The second-order valence-corrected chi connectivity index (χ2v) is 18.3. The summed E-state index contributed by atoms with van der Waals surface area (Å²) in [7, 11) is 8.30. The summed E-state index contributed by atoms with van der Waals surface area (Å²) in [5.41, 5.74) is 17.5. The van der Waals surface area contributed by atoms with Crippen LogP contribution in [0.3, 0.4) is 0 Å². The Balaban J connectivity index is 1.15. The van der Waals surface area contributed by atoms with Crippen LogP contribution in [-0.4, -0.2) is 37.9 Å². The smallest absolute Gasteiger partial charge is 0.149 e. The average molecular weight is 909 g/mol. The SMILES string of the molecule is B/C(C#C)=C(B)/C(B)=C(/B)CN(c1ccc2c(c1)N(c1ccccc1)c1cccc3c(N(c4ccccc4)c4cccc5ccccc45)ccc-2c13)c1c(F)cc(-c2ccccc2)cc1-c1ccccc1. The van der Waals surface area contributed by atoms with Crippen molar-refractivity contribution < 1.29 is 4.39 Å². The third-order valence-electron chi connectivity index (χ3n) is 14.2. The standard InChI is InChI=1S/C63H48B4FN3/c1-2-53(64)61(66)62(67)54(65)40-69(63-52(43-21-9-4-10-22-43)37-44(38-55(63)68)41-19-7-3-8-20-41)47-33-34-49-50-35-36-57(51-30-18-32-58(60(50)51)71(59(49)39-47)46-27-13-6-14-28-46)70(45-25-11-5-12-26-45)56-31-17-24-42-23-15-16-29-48(42)56/h1,3-39H,40,64-67H2/b61-53-,62-54-. The predicted molar refractivity (Wildman–Crippen MR) is 311 cm³/mol. The van der Waals surface area contributed by atoms with Crippen LogP contribution < -0.4 is 14.7 Å². The second-order valence-electron chi connectivity index (χ2n) is 18.3. The van der Waals surface area contributed by atoms with Gasteiger partial charge in [-0.1, -0.05) is 175 Å². The molecule has 71 heavy (non-hydrogen) atoms. The van der Waals surface area contributed by atoms with E-state index < -0.39 is 0 Å². The van der Waals surface area contributed by atoms with Crippen LogP contribution in [0.5, 0.6) is 0 Å². The third kappa shape index (κ3) is 8.20. The van der Waals surface area contributed by atoms with Crippen LogP contribution in [0.4, 0.5) is 49.9 Å². The van der Waals surface area contributed by atoms with Gasteiger partial charge in [0.2, 0.25) is 0 Å². The number of fused-ring (bicyclic) bond motifs is 3. The van der Waals surface area contributed by atoms with E-state index in [-0.39, 0.29) is 5.82 Å². The molecule has 0 saturated heterocycles. The van der Waals surface area contributed by atoms with Gasteiger partial charge in [-0.25, -0.2) is 4.39 Å². The Morgan fingerprint density at radius 2 is 1.10 bits per heavy atom. The molecule has 0 unspecified atom stereocenters. The van der Waals surface area contributed by atoms with Crippen LogP contribution in [0.15, 0.2) is 246 Å². The summed E-state index contributed by atoms with van der Waals surface area (Å²) in [5, 5.41) is 4.64. The summed E-state index contributed by atoms with van der Waals surface area (Å²) in [5.74, 6) is 2.54. The molecule has 0 aromatic heterocycles. The first kappa shape index (κ1) is 44.8. The van der Waals surface area contributed by atoms with Crippen molar-refractivity contribution in [2.75, 3.05) is 21.2 Å². The van der Waals surface area contributed by atoms with Crippen molar-refractivity contribution in [3.8, 4) is 45.7 Å². The van der Waals surface area contributed by atoms with E-state index in [0.29, 0.717) is 12.2 Å². The van der Waals surface area contributed by atoms with Gasteiger partial charge in [-0.15, -0.1) is 11.9 Å². The van der Waals surface area contributed by atoms with Crippen LogP contribution in [-0.2, 0) is 0 Å². The Morgan fingerprint density at radius 3 is 1.83 bits per heavy atom. The Hall–Kier alpha value is -8.65. The molecule has 3 nitrogen and oxygen atoms in total. The zero-order valence-electron chi connectivity index (χ0n) is 40.4. The summed E-state index contributed by atoms with van der Waals surface area (Å²) in [6.45, 7) is 0.408. The summed E-state index contributed by atoms with van der Waals surface area (Å²) < 4.78 is 17.8. The molecule has 1 aliphatic rings. The fourth-order valence-corrected chi connectivity index (χ4v) is 10.3. The number of hydrogen-bond donors (Lipinski definition) is 0. The van der Waals surface area contributed by atoms with Crippen molar-refractivity contribution in [1.29, 1.82) is 0 Å². The van der Waals surface area contributed by atoms with Gasteiger partial charge < -0.3 is 14.7 Å². The Labute approximate surface area is 419 Å². The average Bonchev–Trinajstić information content (AvgIpc) is 3.43. The van der Waals surface area contributed by atoms with Crippen LogP contribution in [0.25, 0.3) is 54.9 Å². The molecule has 0 atom stereocenters. The molecule has 10 aromatic rings. The van der Waals surface area contributed by atoms with Crippen molar-refractivity contribution in [2.24, 2.45) is 0 Å². The first-order valence-electron chi connectivity index (χ1n) is 24.2. The molecule has 1 heterocycles. The molecule has 334 valence electrons. The molecule has 10 aromatic carbocycles. The van der Waals surface area contributed by atoms with Crippen LogP contribution in [0, 0.1) is 18.2 Å². The Kier molecular flexibility index (Phi) is 12.0. The number of hydrogen-bond acceptors (Lipinski definition) is 3. The van der Waals surface area contributed by atoms with E-state index in [1.165, 1.54) is 10.8 Å². The van der Waals surface area contributed by atoms with E-state index in [4.69, 9.17) is 6.42 Å². The van der Waals surface area contributed by atoms with E-state index in [2.05, 4.69) is 214 Å². The highest BCUT2D eigenvalue weighted by Crippen LogP contribution is 2.55. The lowest BCUT2D eigenvalue weighted by Crippen LogP contribution is -2.24. The van der Waals surface area contributed by atoms with Crippen LogP contribution >= 0.6 is 0 Å². The van der Waals surface area contributed by atoms with Gasteiger partial charge in [-0.2, -0.15) is 0 Å². The monoisotopic (exact) mass is 909 g/mol. The number of terminal acetylenes is 1. The number of allylic oxidation sites excluding steroid dienone is 3. The molecule has 0 saturated carbocycles. The van der Waals surface area contributed by atoms with Crippen molar-refractivity contribution in [3.05, 3.63) is 252 Å².